The number of fused-ring (bicyclic) bond motifs is 6. The lowest BCUT2D eigenvalue weighted by Crippen LogP contribution is -1.81. The highest BCUT2D eigenvalue weighted by Gasteiger charge is 2.06. The van der Waals surface area contributed by atoms with E-state index >= 15 is 0 Å². The number of nitrogen functional groups attached to an aromatic ring is 1. The van der Waals surface area contributed by atoms with Gasteiger partial charge in [-0.2, -0.15) is 0 Å². The second-order valence-electron chi connectivity index (χ2n) is 6.19. The molecular formula is C24H18IN. The Balaban J connectivity index is 0.000000178. The van der Waals surface area contributed by atoms with E-state index in [0.29, 0.717) is 0 Å². The molecule has 0 amide bonds. The van der Waals surface area contributed by atoms with Crippen LogP contribution in [-0.4, -0.2) is 0 Å². The third-order valence-corrected chi connectivity index (χ3v) is 5.24. The van der Waals surface area contributed by atoms with Gasteiger partial charge in [0.15, 0.2) is 0 Å². The number of anilines is 1. The highest BCUT2D eigenvalue weighted by molar-refractivity contribution is 14.1. The van der Waals surface area contributed by atoms with Crippen LogP contribution >= 0.6 is 22.6 Å². The van der Waals surface area contributed by atoms with Crippen molar-refractivity contribution in [2.45, 2.75) is 0 Å². The van der Waals surface area contributed by atoms with Gasteiger partial charge in [-0.05, 0) is 79.2 Å². The van der Waals surface area contributed by atoms with Crippen LogP contribution in [0.5, 0.6) is 0 Å². The number of nitrogens with two attached hydrogens (primary N) is 1. The van der Waals surface area contributed by atoms with Gasteiger partial charge >= 0.3 is 0 Å². The number of hydrogen-bond acceptors (Lipinski definition) is 1. The van der Waals surface area contributed by atoms with E-state index in [2.05, 4.69) is 95.4 Å². The van der Waals surface area contributed by atoms with Crippen LogP contribution in [0.2, 0.25) is 0 Å². The summed E-state index contributed by atoms with van der Waals surface area (Å²) in [7, 11) is 0. The highest BCUT2D eigenvalue weighted by atomic mass is 127. The first-order valence-electron chi connectivity index (χ1n) is 8.53. The predicted molar refractivity (Wildman–Crippen MR) is 123 cm³/mol. The molecule has 26 heavy (non-hydrogen) atoms. The van der Waals surface area contributed by atoms with Gasteiger partial charge in [0.2, 0.25) is 0 Å². The minimum Gasteiger partial charge on any atom is -0.399 e. The van der Waals surface area contributed by atoms with Crippen molar-refractivity contribution in [2.75, 3.05) is 5.73 Å². The molecule has 0 aliphatic rings. The maximum absolute atomic E-state index is 5.42. The van der Waals surface area contributed by atoms with E-state index < -0.39 is 0 Å². The Morgan fingerprint density at radius 3 is 0.923 bits per heavy atom. The van der Waals surface area contributed by atoms with E-state index in [1.807, 2.05) is 24.3 Å². The van der Waals surface area contributed by atoms with Crippen LogP contribution in [0.1, 0.15) is 0 Å². The van der Waals surface area contributed by atoms with E-state index in [1.165, 1.54) is 35.9 Å². The quantitative estimate of drug-likeness (QED) is 0.154. The van der Waals surface area contributed by atoms with Gasteiger partial charge in [0.05, 0.1) is 0 Å². The number of benzene rings is 5. The summed E-state index contributed by atoms with van der Waals surface area (Å²) in [4.78, 5) is 0. The Hall–Kier alpha value is -2.59. The molecular weight excluding hydrogens is 429 g/mol. The minimum atomic E-state index is 0.824. The first-order valence-corrected chi connectivity index (χ1v) is 9.61. The Bertz CT molecular complexity index is 952. The Kier molecular flexibility index (Phi) is 4.76. The van der Waals surface area contributed by atoms with Crippen LogP contribution in [0.3, 0.4) is 0 Å². The van der Waals surface area contributed by atoms with Crippen molar-refractivity contribution in [2.24, 2.45) is 0 Å². The van der Waals surface area contributed by atoms with Crippen LogP contribution < -0.4 is 5.73 Å². The summed E-state index contributed by atoms with van der Waals surface area (Å²) in [5.74, 6) is 0. The van der Waals surface area contributed by atoms with Gasteiger partial charge in [0.25, 0.3) is 0 Å². The zero-order chi connectivity index (χ0) is 17.9. The molecule has 0 aromatic heterocycles. The molecule has 5 aromatic carbocycles. The Labute approximate surface area is 166 Å². The molecule has 5 rings (SSSR count). The van der Waals surface area contributed by atoms with Crippen molar-refractivity contribution < 1.29 is 0 Å². The van der Waals surface area contributed by atoms with Gasteiger partial charge < -0.3 is 5.73 Å². The van der Waals surface area contributed by atoms with E-state index in [0.717, 1.165) is 5.69 Å². The lowest BCUT2D eigenvalue weighted by atomic mass is 9.95. The molecule has 0 unspecified atom stereocenters. The van der Waals surface area contributed by atoms with Crippen LogP contribution in [0, 0.1) is 3.57 Å². The summed E-state index contributed by atoms with van der Waals surface area (Å²) in [6, 6.07) is 33.7. The summed E-state index contributed by atoms with van der Waals surface area (Å²) >= 11 is 2.24. The largest absolute Gasteiger partial charge is 0.399 e. The average Bonchev–Trinajstić information content (AvgIpc) is 2.71. The molecule has 0 fully saturated rings. The third kappa shape index (κ3) is 3.25. The molecule has 0 saturated carbocycles. The van der Waals surface area contributed by atoms with E-state index in [9.17, 15) is 0 Å². The molecule has 0 spiro atoms. The molecule has 0 aliphatic heterocycles. The fraction of sp³-hybridized carbons (Fsp3) is 0. The lowest BCUT2D eigenvalue weighted by molar-refractivity contribution is 1.63. The fourth-order valence-electron chi connectivity index (χ4n) is 3.32. The maximum Gasteiger partial charge on any atom is 0.0314 e. The molecule has 0 bridgehead atoms. The second kappa shape index (κ2) is 7.34. The first-order chi connectivity index (χ1) is 12.7. The summed E-state index contributed by atoms with van der Waals surface area (Å²) in [6.07, 6.45) is 0. The molecule has 0 saturated heterocycles. The number of hydrogen-bond donors (Lipinski definition) is 1. The molecule has 1 nitrogen and oxygen atoms in total. The van der Waals surface area contributed by atoms with Gasteiger partial charge in [-0.3, -0.25) is 0 Å². The van der Waals surface area contributed by atoms with E-state index in [1.54, 1.807) is 0 Å². The van der Waals surface area contributed by atoms with Gasteiger partial charge in [-0.1, -0.05) is 72.8 Å². The zero-order valence-corrected chi connectivity index (χ0v) is 16.4. The molecule has 0 radical (unpaired) electrons. The van der Waals surface area contributed by atoms with Gasteiger partial charge in [-0.25, -0.2) is 0 Å². The van der Waals surface area contributed by atoms with Crippen LogP contribution in [0.15, 0.2) is 97.1 Å². The predicted octanol–water partition coefficient (Wildman–Crippen LogP) is 7.02. The average molecular weight is 447 g/mol. The van der Waals surface area contributed by atoms with Crippen molar-refractivity contribution in [1.82, 2.24) is 0 Å². The fourth-order valence-corrected chi connectivity index (χ4v) is 3.68. The number of rotatable bonds is 0. The molecule has 0 heterocycles. The Morgan fingerprint density at radius 2 is 0.692 bits per heavy atom. The van der Waals surface area contributed by atoms with Crippen molar-refractivity contribution in [1.29, 1.82) is 0 Å². The minimum absolute atomic E-state index is 0.824. The summed E-state index contributed by atoms with van der Waals surface area (Å²) in [5.41, 5.74) is 6.25. The number of halogens is 1. The van der Waals surface area contributed by atoms with Crippen molar-refractivity contribution in [3.05, 3.63) is 101 Å². The molecule has 5 aromatic rings. The van der Waals surface area contributed by atoms with Crippen molar-refractivity contribution in [3.8, 4) is 0 Å². The third-order valence-electron chi connectivity index (χ3n) is 4.52. The van der Waals surface area contributed by atoms with Crippen LogP contribution in [-0.2, 0) is 0 Å². The maximum atomic E-state index is 5.42. The van der Waals surface area contributed by atoms with Gasteiger partial charge in [0, 0.05) is 9.26 Å². The topological polar surface area (TPSA) is 26.0 Å². The second-order valence-corrected chi connectivity index (χ2v) is 7.43. The molecule has 0 aliphatic carbocycles. The molecule has 2 heteroatoms. The summed E-state index contributed by atoms with van der Waals surface area (Å²) in [5, 5.41) is 8.04. The highest BCUT2D eigenvalue weighted by Crippen LogP contribution is 2.34. The van der Waals surface area contributed by atoms with Gasteiger partial charge in [0.1, 0.15) is 0 Å². The Morgan fingerprint density at radius 1 is 0.423 bits per heavy atom. The normalized spacial score (nSPS) is 10.7. The zero-order valence-electron chi connectivity index (χ0n) is 14.2. The van der Waals surface area contributed by atoms with Crippen molar-refractivity contribution >= 4 is 60.6 Å². The molecule has 126 valence electrons. The smallest absolute Gasteiger partial charge is 0.0314 e. The molecule has 0 atom stereocenters. The van der Waals surface area contributed by atoms with Crippen molar-refractivity contribution in [3.63, 3.8) is 0 Å². The first kappa shape index (κ1) is 16.9. The van der Waals surface area contributed by atoms with Crippen LogP contribution in [0.25, 0.3) is 32.3 Å². The van der Waals surface area contributed by atoms with E-state index in [-0.39, 0.29) is 0 Å². The van der Waals surface area contributed by atoms with Crippen LogP contribution in [0.4, 0.5) is 5.69 Å². The monoisotopic (exact) mass is 447 g/mol. The van der Waals surface area contributed by atoms with Gasteiger partial charge in [-0.15, -0.1) is 0 Å². The standard InChI is InChI=1S/C18H12.C6H6IN/c1-2-8-14-13(7-1)15-9-3-4-11-17(15)18-12-6-5-10-16(14)18;7-5-1-3-6(8)4-2-5/h1-12H;1-4H,8H2. The summed E-state index contributed by atoms with van der Waals surface area (Å²) < 4.78 is 1.22. The SMILES string of the molecule is Nc1ccc(I)cc1.c1ccc2c(c1)c1ccccc1c1ccccc21. The summed E-state index contributed by atoms with van der Waals surface area (Å²) in [6.45, 7) is 0. The lowest BCUT2D eigenvalue weighted by Gasteiger charge is -2.09. The van der Waals surface area contributed by atoms with E-state index in [4.69, 9.17) is 5.73 Å². The molecule has 2 N–H and O–H groups in total.